The number of Topliss-reactive ketones (excluding diaryl/α,β-unsaturated/α-hetero) is 1. The van der Waals surface area contributed by atoms with Crippen LogP contribution in [-0.4, -0.2) is 34.1 Å². The number of carbonyl (C=O) groups is 2. The van der Waals surface area contributed by atoms with Crippen molar-refractivity contribution in [3.8, 4) is 5.75 Å². The van der Waals surface area contributed by atoms with Crippen molar-refractivity contribution < 1.29 is 14.3 Å². The van der Waals surface area contributed by atoms with Crippen molar-refractivity contribution in [1.82, 2.24) is 15.1 Å². The molecule has 2 atom stereocenters. The molecule has 4 rings (SSSR count). The number of hydrogen-bond acceptors (Lipinski definition) is 4. The number of nitrogens with one attached hydrogen (secondary N) is 1. The van der Waals surface area contributed by atoms with Crippen LogP contribution in [0.15, 0.2) is 60.9 Å². The second-order valence-corrected chi connectivity index (χ2v) is 8.67. The monoisotopic (exact) mass is 431 g/mol. The van der Waals surface area contributed by atoms with E-state index in [1.54, 1.807) is 10.9 Å². The van der Waals surface area contributed by atoms with Gasteiger partial charge in [0.1, 0.15) is 18.4 Å². The molecule has 0 saturated heterocycles. The summed E-state index contributed by atoms with van der Waals surface area (Å²) in [6.45, 7) is 4.82. The molecule has 1 aromatic heterocycles. The maximum atomic E-state index is 12.9. The molecule has 0 spiro atoms. The predicted octanol–water partition coefficient (Wildman–Crippen LogP) is 3.96. The Labute approximate surface area is 188 Å². The minimum absolute atomic E-state index is 0.00252. The SMILES string of the molecule is Cc1ccc(Cn2cc(C(=O)NC3COc4ccccc4CCC(C)CC3=O)cn2)cc1. The summed E-state index contributed by atoms with van der Waals surface area (Å²) in [5.74, 6) is 0.697. The normalized spacial score (nSPS) is 19.0. The van der Waals surface area contributed by atoms with Crippen LogP contribution < -0.4 is 10.1 Å². The van der Waals surface area contributed by atoms with E-state index in [0.29, 0.717) is 18.5 Å². The van der Waals surface area contributed by atoms with Crippen LogP contribution in [0.1, 0.15) is 46.8 Å². The van der Waals surface area contributed by atoms with E-state index in [-0.39, 0.29) is 24.2 Å². The first-order valence-electron chi connectivity index (χ1n) is 11.1. The van der Waals surface area contributed by atoms with Crippen molar-refractivity contribution in [3.05, 3.63) is 83.2 Å². The molecule has 2 heterocycles. The topological polar surface area (TPSA) is 73.2 Å². The lowest BCUT2D eigenvalue weighted by atomic mass is 9.93. The van der Waals surface area contributed by atoms with Gasteiger partial charge in [-0.05, 0) is 42.9 Å². The minimum Gasteiger partial charge on any atom is -0.491 e. The van der Waals surface area contributed by atoms with Crippen molar-refractivity contribution in [3.63, 3.8) is 0 Å². The number of hydrogen-bond donors (Lipinski definition) is 1. The van der Waals surface area contributed by atoms with E-state index in [4.69, 9.17) is 4.74 Å². The Morgan fingerprint density at radius 3 is 2.78 bits per heavy atom. The fraction of sp³-hybridized carbons (Fsp3) is 0.346. The van der Waals surface area contributed by atoms with Crippen LogP contribution in [0.5, 0.6) is 5.75 Å². The highest BCUT2D eigenvalue weighted by Crippen LogP contribution is 2.24. The number of nitrogens with zero attached hydrogens (tertiary/aromatic N) is 2. The fourth-order valence-corrected chi connectivity index (χ4v) is 3.92. The molecule has 0 saturated carbocycles. The molecule has 0 fully saturated rings. The van der Waals surface area contributed by atoms with E-state index in [0.717, 1.165) is 29.7 Å². The van der Waals surface area contributed by atoms with Gasteiger partial charge in [-0.25, -0.2) is 0 Å². The molecule has 32 heavy (non-hydrogen) atoms. The minimum atomic E-state index is -0.698. The van der Waals surface area contributed by atoms with Crippen LogP contribution in [-0.2, 0) is 17.8 Å². The largest absolute Gasteiger partial charge is 0.491 e. The summed E-state index contributed by atoms with van der Waals surface area (Å²) in [6.07, 6.45) is 5.44. The maximum Gasteiger partial charge on any atom is 0.255 e. The number of aromatic nitrogens is 2. The molecule has 3 aromatic rings. The number of carbonyl (C=O) groups excluding carboxylic acids is 2. The molecule has 2 unspecified atom stereocenters. The summed E-state index contributed by atoms with van der Waals surface area (Å²) < 4.78 is 7.68. The van der Waals surface area contributed by atoms with Crippen LogP contribution in [0.3, 0.4) is 0 Å². The van der Waals surface area contributed by atoms with Gasteiger partial charge in [0.15, 0.2) is 5.78 Å². The van der Waals surface area contributed by atoms with E-state index in [2.05, 4.69) is 35.5 Å². The Kier molecular flexibility index (Phi) is 6.69. The van der Waals surface area contributed by atoms with Crippen molar-refractivity contribution in [2.75, 3.05) is 6.61 Å². The van der Waals surface area contributed by atoms with Gasteiger partial charge in [-0.2, -0.15) is 5.10 Å². The third kappa shape index (κ3) is 5.44. The van der Waals surface area contributed by atoms with Gasteiger partial charge in [0, 0.05) is 12.6 Å². The van der Waals surface area contributed by atoms with E-state index < -0.39 is 6.04 Å². The summed E-state index contributed by atoms with van der Waals surface area (Å²) in [5.41, 5.74) is 3.87. The Hall–Kier alpha value is -3.41. The van der Waals surface area contributed by atoms with Gasteiger partial charge in [0.2, 0.25) is 0 Å². The number of fused-ring (bicyclic) bond motifs is 1. The van der Waals surface area contributed by atoms with Gasteiger partial charge in [0.05, 0.1) is 18.3 Å². The lowest BCUT2D eigenvalue weighted by Crippen LogP contribution is -2.45. The third-order valence-electron chi connectivity index (χ3n) is 5.89. The molecule has 166 valence electrons. The van der Waals surface area contributed by atoms with E-state index in [1.165, 1.54) is 11.8 Å². The van der Waals surface area contributed by atoms with Gasteiger partial charge >= 0.3 is 0 Å². The first-order valence-corrected chi connectivity index (χ1v) is 11.1. The number of para-hydroxylation sites is 1. The van der Waals surface area contributed by atoms with Crippen LogP contribution in [0, 0.1) is 12.8 Å². The van der Waals surface area contributed by atoms with E-state index >= 15 is 0 Å². The zero-order valence-electron chi connectivity index (χ0n) is 18.6. The number of benzene rings is 2. The number of amides is 1. The average molecular weight is 432 g/mol. The van der Waals surface area contributed by atoms with Crippen molar-refractivity contribution in [1.29, 1.82) is 0 Å². The number of ether oxygens (including phenoxy) is 1. The Balaban J connectivity index is 1.44. The first kappa shape index (κ1) is 21.8. The third-order valence-corrected chi connectivity index (χ3v) is 5.89. The molecular weight excluding hydrogens is 402 g/mol. The molecule has 0 radical (unpaired) electrons. The highest BCUT2D eigenvalue weighted by Gasteiger charge is 2.26. The van der Waals surface area contributed by atoms with Crippen molar-refractivity contribution in [2.24, 2.45) is 5.92 Å². The van der Waals surface area contributed by atoms with E-state index in [1.807, 2.05) is 37.3 Å². The first-order chi connectivity index (χ1) is 15.5. The van der Waals surface area contributed by atoms with Gasteiger partial charge in [0.25, 0.3) is 5.91 Å². The molecular formula is C26H29N3O3. The average Bonchev–Trinajstić information content (AvgIpc) is 3.25. The highest BCUT2D eigenvalue weighted by atomic mass is 16.5. The Morgan fingerprint density at radius 2 is 1.97 bits per heavy atom. The molecule has 6 heteroatoms. The van der Waals surface area contributed by atoms with Crippen LogP contribution in [0.4, 0.5) is 0 Å². The molecule has 1 amide bonds. The molecule has 0 aliphatic carbocycles. The van der Waals surface area contributed by atoms with Crippen LogP contribution in [0.25, 0.3) is 0 Å². The summed E-state index contributed by atoms with van der Waals surface area (Å²) in [7, 11) is 0. The van der Waals surface area contributed by atoms with Crippen LogP contribution in [0.2, 0.25) is 0 Å². The lowest BCUT2D eigenvalue weighted by Gasteiger charge is -2.23. The van der Waals surface area contributed by atoms with Gasteiger partial charge in [-0.15, -0.1) is 0 Å². The summed E-state index contributed by atoms with van der Waals surface area (Å²) in [4.78, 5) is 25.8. The summed E-state index contributed by atoms with van der Waals surface area (Å²) in [5, 5.41) is 7.18. The standard InChI is InChI=1S/C26H29N3O3/c1-18-7-10-20(11-8-18)15-29-16-22(14-27-29)26(31)28-23-17-32-25-6-4-3-5-21(25)12-9-19(2)13-24(23)30/h3-8,10-11,14,16,19,23H,9,12-13,15,17H2,1-2H3,(H,28,31). The quantitative estimate of drug-likeness (QED) is 0.679. The smallest absolute Gasteiger partial charge is 0.255 e. The van der Waals surface area contributed by atoms with Gasteiger partial charge < -0.3 is 10.1 Å². The molecule has 1 N–H and O–H groups in total. The van der Waals surface area contributed by atoms with Crippen LogP contribution >= 0.6 is 0 Å². The van der Waals surface area contributed by atoms with Gasteiger partial charge in [-0.1, -0.05) is 55.0 Å². The number of ketones is 1. The summed E-state index contributed by atoms with van der Waals surface area (Å²) >= 11 is 0. The predicted molar refractivity (Wildman–Crippen MR) is 123 cm³/mol. The van der Waals surface area contributed by atoms with E-state index in [9.17, 15) is 9.59 Å². The maximum absolute atomic E-state index is 12.9. The second kappa shape index (κ2) is 9.81. The summed E-state index contributed by atoms with van der Waals surface area (Å²) in [6, 6.07) is 15.4. The number of rotatable bonds is 4. The van der Waals surface area contributed by atoms with Gasteiger partial charge in [-0.3, -0.25) is 14.3 Å². The fourth-order valence-electron chi connectivity index (χ4n) is 3.92. The Morgan fingerprint density at radius 1 is 1.19 bits per heavy atom. The molecule has 0 bridgehead atoms. The van der Waals surface area contributed by atoms with Crippen molar-refractivity contribution in [2.45, 2.75) is 45.7 Å². The Bertz CT molecular complexity index is 1090. The zero-order valence-corrected chi connectivity index (χ0v) is 18.6. The van der Waals surface area contributed by atoms with Crippen molar-refractivity contribution >= 4 is 11.7 Å². The molecule has 1 aliphatic heterocycles. The number of aryl methyl sites for hydroxylation is 2. The molecule has 6 nitrogen and oxygen atoms in total. The molecule has 1 aliphatic rings. The zero-order chi connectivity index (χ0) is 22.5. The molecule has 2 aromatic carbocycles. The highest BCUT2D eigenvalue weighted by molar-refractivity contribution is 5.97. The lowest BCUT2D eigenvalue weighted by molar-refractivity contribution is -0.122. The second-order valence-electron chi connectivity index (χ2n) is 8.67.